The third-order valence-corrected chi connectivity index (χ3v) is 4.18. The lowest BCUT2D eigenvalue weighted by atomic mass is 10.3. The number of aryl methyl sites for hydroxylation is 1. The lowest BCUT2D eigenvalue weighted by Gasteiger charge is -2.07. The normalized spacial score (nSPS) is 11.7. The van der Waals surface area contributed by atoms with Crippen LogP contribution in [0.5, 0.6) is 0 Å². The Balaban J connectivity index is 2.04. The average molecular weight is 299 g/mol. The van der Waals surface area contributed by atoms with Crippen LogP contribution in [0.3, 0.4) is 0 Å². The Morgan fingerprint density at radius 1 is 1.45 bits per heavy atom. The molecule has 0 aliphatic carbocycles. The SMILES string of the molecule is Cn1cnnc1CCNS(=O)(=O)c1ccc(F)c(N)c1. The monoisotopic (exact) mass is 299 g/mol. The van der Waals surface area contributed by atoms with Crippen molar-refractivity contribution in [3.8, 4) is 0 Å². The maximum Gasteiger partial charge on any atom is 0.240 e. The van der Waals surface area contributed by atoms with E-state index in [2.05, 4.69) is 14.9 Å². The number of sulfonamides is 1. The van der Waals surface area contributed by atoms with E-state index in [-0.39, 0.29) is 17.1 Å². The first kappa shape index (κ1) is 14.4. The fourth-order valence-electron chi connectivity index (χ4n) is 1.60. The number of hydrogen-bond donors (Lipinski definition) is 2. The van der Waals surface area contributed by atoms with E-state index >= 15 is 0 Å². The average Bonchev–Trinajstić information content (AvgIpc) is 2.78. The number of hydrogen-bond acceptors (Lipinski definition) is 5. The molecule has 9 heteroatoms. The van der Waals surface area contributed by atoms with Crippen molar-refractivity contribution in [2.75, 3.05) is 12.3 Å². The van der Waals surface area contributed by atoms with Gasteiger partial charge in [-0.1, -0.05) is 0 Å². The van der Waals surface area contributed by atoms with E-state index in [1.807, 2.05) is 0 Å². The molecule has 0 bridgehead atoms. The summed E-state index contributed by atoms with van der Waals surface area (Å²) in [6.07, 6.45) is 1.93. The Morgan fingerprint density at radius 2 is 2.20 bits per heavy atom. The summed E-state index contributed by atoms with van der Waals surface area (Å²) in [5, 5.41) is 7.54. The molecular formula is C11H14FN5O2S. The van der Waals surface area contributed by atoms with Crippen molar-refractivity contribution in [2.45, 2.75) is 11.3 Å². The Hall–Kier alpha value is -2.00. The molecule has 0 spiro atoms. The van der Waals surface area contributed by atoms with Gasteiger partial charge in [-0.15, -0.1) is 10.2 Å². The van der Waals surface area contributed by atoms with Gasteiger partial charge in [-0.2, -0.15) is 0 Å². The highest BCUT2D eigenvalue weighted by Crippen LogP contribution is 2.16. The predicted molar refractivity (Wildman–Crippen MR) is 70.7 cm³/mol. The van der Waals surface area contributed by atoms with E-state index < -0.39 is 15.8 Å². The second-order valence-electron chi connectivity index (χ2n) is 4.19. The van der Waals surface area contributed by atoms with Gasteiger partial charge in [0.15, 0.2) is 0 Å². The molecule has 0 aliphatic heterocycles. The Kier molecular flexibility index (Phi) is 4.00. The lowest BCUT2D eigenvalue weighted by molar-refractivity contribution is 0.579. The van der Waals surface area contributed by atoms with Gasteiger partial charge in [-0.25, -0.2) is 17.5 Å². The van der Waals surface area contributed by atoms with E-state index in [4.69, 9.17) is 5.73 Å². The Bertz CT molecular complexity index is 713. The molecule has 2 aromatic rings. The van der Waals surface area contributed by atoms with Crippen molar-refractivity contribution in [2.24, 2.45) is 7.05 Å². The third kappa shape index (κ3) is 3.11. The van der Waals surface area contributed by atoms with Crippen LogP contribution in [0.4, 0.5) is 10.1 Å². The summed E-state index contributed by atoms with van der Waals surface area (Å²) >= 11 is 0. The smallest absolute Gasteiger partial charge is 0.240 e. The fourth-order valence-corrected chi connectivity index (χ4v) is 2.67. The van der Waals surface area contributed by atoms with Crippen molar-refractivity contribution in [3.63, 3.8) is 0 Å². The first-order valence-corrected chi connectivity index (χ1v) is 7.26. The molecule has 1 aromatic carbocycles. The molecule has 0 fully saturated rings. The molecule has 0 unspecified atom stereocenters. The molecule has 1 aromatic heterocycles. The molecule has 20 heavy (non-hydrogen) atoms. The van der Waals surface area contributed by atoms with Crippen LogP contribution < -0.4 is 10.5 Å². The largest absolute Gasteiger partial charge is 0.396 e. The number of aromatic nitrogens is 3. The summed E-state index contributed by atoms with van der Waals surface area (Å²) in [7, 11) is -1.95. The molecule has 0 saturated carbocycles. The summed E-state index contributed by atoms with van der Waals surface area (Å²) in [6, 6.07) is 3.27. The van der Waals surface area contributed by atoms with Crippen LogP contribution in [0.25, 0.3) is 0 Å². The van der Waals surface area contributed by atoms with Gasteiger partial charge < -0.3 is 10.3 Å². The number of nitrogen functional groups attached to an aromatic ring is 1. The van der Waals surface area contributed by atoms with Gasteiger partial charge in [0.05, 0.1) is 10.6 Å². The highest BCUT2D eigenvalue weighted by molar-refractivity contribution is 7.89. The molecule has 108 valence electrons. The molecule has 0 saturated heterocycles. The van der Waals surface area contributed by atoms with E-state index in [0.29, 0.717) is 12.2 Å². The van der Waals surface area contributed by atoms with Crippen LogP contribution in [0, 0.1) is 5.82 Å². The molecule has 2 rings (SSSR count). The van der Waals surface area contributed by atoms with Gasteiger partial charge >= 0.3 is 0 Å². The highest BCUT2D eigenvalue weighted by Gasteiger charge is 2.15. The predicted octanol–water partition coefficient (Wildman–Crippen LogP) is 0.0574. The van der Waals surface area contributed by atoms with Crippen molar-refractivity contribution in [3.05, 3.63) is 36.2 Å². The number of nitrogens with two attached hydrogens (primary N) is 1. The van der Waals surface area contributed by atoms with Gasteiger partial charge in [0.1, 0.15) is 18.0 Å². The van der Waals surface area contributed by atoms with Gasteiger partial charge in [-0.05, 0) is 18.2 Å². The van der Waals surface area contributed by atoms with Gasteiger partial charge in [0.25, 0.3) is 0 Å². The minimum atomic E-state index is -3.72. The molecule has 0 radical (unpaired) electrons. The number of rotatable bonds is 5. The minimum Gasteiger partial charge on any atom is -0.396 e. The second-order valence-corrected chi connectivity index (χ2v) is 5.96. The molecule has 7 nitrogen and oxygen atoms in total. The zero-order valence-electron chi connectivity index (χ0n) is 10.7. The standard InChI is InChI=1S/C11H14FN5O2S/c1-17-7-14-16-11(17)4-5-15-20(18,19)8-2-3-9(12)10(13)6-8/h2-3,6-7,15H,4-5,13H2,1H3. The zero-order chi connectivity index (χ0) is 14.8. The van der Waals surface area contributed by atoms with E-state index in [1.165, 1.54) is 6.33 Å². The van der Waals surface area contributed by atoms with Crippen molar-refractivity contribution in [1.82, 2.24) is 19.5 Å². The maximum absolute atomic E-state index is 13.0. The van der Waals surface area contributed by atoms with Crippen molar-refractivity contribution < 1.29 is 12.8 Å². The molecule has 1 heterocycles. The number of nitrogens with one attached hydrogen (secondary N) is 1. The van der Waals surface area contributed by atoms with Crippen LogP contribution >= 0.6 is 0 Å². The van der Waals surface area contributed by atoms with Crippen molar-refractivity contribution in [1.29, 1.82) is 0 Å². The van der Waals surface area contributed by atoms with Crippen LogP contribution in [-0.4, -0.2) is 29.7 Å². The molecule has 0 amide bonds. The molecule has 0 atom stereocenters. The molecule has 3 N–H and O–H groups in total. The topological polar surface area (TPSA) is 103 Å². The van der Waals surface area contributed by atoms with Gasteiger partial charge in [0, 0.05) is 20.0 Å². The first-order valence-electron chi connectivity index (χ1n) is 5.78. The number of halogens is 1. The van der Waals surface area contributed by atoms with Crippen LogP contribution in [-0.2, 0) is 23.5 Å². The van der Waals surface area contributed by atoms with Gasteiger partial charge in [-0.3, -0.25) is 0 Å². The zero-order valence-corrected chi connectivity index (χ0v) is 11.6. The first-order chi connectivity index (χ1) is 9.40. The summed E-state index contributed by atoms with van der Waals surface area (Å²) in [5.41, 5.74) is 5.15. The summed E-state index contributed by atoms with van der Waals surface area (Å²) in [5.74, 6) is 0.00866. The maximum atomic E-state index is 13.0. The van der Waals surface area contributed by atoms with E-state index in [0.717, 1.165) is 18.2 Å². The van der Waals surface area contributed by atoms with Crippen LogP contribution in [0.15, 0.2) is 29.4 Å². The number of anilines is 1. The summed E-state index contributed by atoms with van der Waals surface area (Å²) in [6.45, 7) is 0.159. The summed E-state index contributed by atoms with van der Waals surface area (Å²) in [4.78, 5) is -0.0747. The van der Waals surface area contributed by atoms with Crippen molar-refractivity contribution >= 4 is 15.7 Å². The Labute approximate surface area is 115 Å². The lowest BCUT2D eigenvalue weighted by Crippen LogP contribution is -2.26. The third-order valence-electron chi connectivity index (χ3n) is 2.72. The quantitative estimate of drug-likeness (QED) is 0.760. The molecular weight excluding hydrogens is 285 g/mol. The molecule has 0 aliphatic rings. The van der Waals surface area contributed by atoms with Crippen LogP contribution in [0.1, 0.15) is 5.82 Å². The summed E-state index contributed by atoms with van der Waals surface area (Å²) < 4.78 is 41.1. The fraction of sp³-hybridized carbons (Fsp3) is 0.273. The second kappa shape index (κ2) is 5.55. The highest BCUT2D eigenvalue weighted by atomic mass is 32.2. The Morgan fingerprint density at radius 3 is 2.80 bits per heavy atom. The minimum absolute atomic E-state index is 0.0747. The van der Waals surface area contributed by atoms with Gasteiger partial charge in [0.2, 0.25) is 10.0 Å². The number of benzene rings is 1. The number of nitrogens with zero attached hydrogens (tertiary/aromatic N) is 3. The van der Waals surface area contributed by atoms with E-state index in [9.17, 15) is 12.8 Å². The van der Waals surface area contributed by atoms with Crippen LogP contribution in [0.2, 0.25) is 0 Å². The van der Waals surface area contributed by atoms with E-state index in [1.54, 1.807) is 11.6 Å².